The maximum absolute atomic E-state index is 8.76. The van der Waals surface area contributed by atoms with Gasteiger partial charge in [0.05, 0.1) is 6.61 Å². The number of nitrogens with two attached hydrogens (primary N) is 2. The van der Waals surface area contributed by atoms with Crippen molar-refractivity contribution in [1.29, 1.82) is 0 Å². The van der Waals surface area contributed by atoms with Gasteiger partial charge in [0.15, 0.2) is 0 Å². The molecule has 0 aliphatic rings. The lowest BCUT2D eigenvalue weighted by Crippen LogP contribution is -1.95. The van der Waals surface area contributed by atoms with E-state index in [2.05, 4.69) is 0 Å². The van der Waals surface area contributed by atoms with E-state index >= 15 is 0 Å². The summed E-state index contributed by atoms with van der Waals surface area (Å²) in [7, 11) is 0. The molecule has 2 aromatic carbocycles. The van der Waals surface area contributed by atoms with Crippen LogP contribution in [0, 0.1) is 6.92 Å². The third-order valence-electron chi connectivity index (χ3n) is 2.96. The summed E-state index contributed by atoms with van der Waals surface area (Å²) in [6.45, 7) is 2.14. The molecule has 0 saturated carbocycles. The van der Waals surface area contributed by atoms with Crippen LogP contribution in [-0.2, 0) is 13.0 Å². The van der Waals surface area contributed by atoms with Crippen LogP contribution >= 0.6 is 0 Å². The number of aliphatic hydroxyl groups excluding tert-OH is 2. The van der Waals surface area contributed by atoms with Gasteiger partial charge in [0.1, 0.15) is 0 Å². The molecule has 0 spiro atoms. The molecule has 2 aromatic rings. The fourth-order valence-corrected chi connectivity index (χ4v) is 1.69. The van der Waals surface area contributed by atoms with Gasteiger partial charge in [-0.15, -0.1) is 0 Å². The largest absolute Gasteiger partial charge is 0.399 e. The summed E-state index contributed by atoms with van der Waals surface area (Å²) in [4.78, 5) is 0. The zero-order chi connectivity index (χ0) is 15.0. The van der Waals surface area contributed by atoms with Crippen molar-refractivity contribution in [2.45, 2.75) is 20.0 Å². The lowest BCUT2D eigenvalue weighted by atomic mass is 10.1. The predicted octanol–water partition coefficient (Wildman–Crippen LogP) is 1.87. The maximum atomic E-state index is 8.76. The Bertz CT molecular complexity index is 525. The molecule has 2 rings (SSSR count). The van der Waals surface area contributed by atoms with Gasteiger partial charge in [-0.05, 0) is 36.6 Å². The monoisotopic (exact) mass is 274 g/mol. The molecular formula is C16H22N2O2. The SMILES string of the molecule is Cc1cccc(CO)c1N.Nc1ccc(CCO)cc1. The Morgan fingerprint density at radius 2 is 1.60 bits per heavy atom. The number of anilines is 2. The number of para-hydroxylation sites is 1. The van der Waals surface area contributed by atoms with Gasteiger partial charge >= 0.3 is 0 Å². The summed E-state index contributed by atoms with van der Waals surface area (Å²) < 4.78 is 0. The minimum Gasteiger partial charge on any atom is -0.399 e. The van der Waals surface area contributed by atoms with Crippen LogP contribution in [0.2, 0.25) is 0 Å². The van der Waals surface area contributed by atoms with Crippen LogP contribution in [0.1, 0.15) is 16.7 Å². The van der Waals surface area contributed by atoms with E-state index in [-0.39, 0.29) is 13.2 Å². The molecule has 4 nitrogen and oxygen atoms in total. The molecule has 6 N–H and O–H groups in total. The van der Waals surface area contributed by atoms with Crippen molar-refractivity contribution >= 4 is 11.4 Å². The lowest BCUT2D eigenvalue weighted by Gasteiger charge is -2.03. The van der Waals surface area contributed by atoms with E-state index in [0.717, 1.165) is 22.4 Å². The van der Waals surface area contributed by atoms with E-state index in [1.165, 1.54) is 0 Å². The number of hydrogen-bond donors (Lipinski definition) is 4. The highest BCUT2D eigenvalue weighted by atomic mass is 16.3. The van der Waals surface area contributed by atoms with Gasteiger partial charge < -0.3 is 21.7 Å². The van der Waals surface area contributed by atoms with Crippen molar-refractivity contribution in [3.8, 4) is 0 Å². The Morgan fingerprint density at radius 1 is 0.950 bits per heavy atom. The first kappa shape index (κ1) is 16.0. The fraction of sp³-hybridized carbons (Fsp3) is 0.250. The van der Waals surface area contributed by atoms with Crippen LogP contribution in [0.15, 0.2) is 42.5 Å². The topological polar surface area (TPSA) is 92.5 Å². The summed E-state index contributed by atoms with van der Waals surface area (Å²) >= 11 is 0. The van der Waals surface area contributed by atoms with Crippen LogP contribution in [0.4, 0.5) is 11.4 Å². The number of nitrogen functional groups attached to an aromatic ring is 2. The highest BCUT2D eigenvalue weighted by molar-refractivity contribution is 5.52. The lowest BCUT2D eigenvalue weighted by molar-refractivity contribution is 0.282. The van der Waals surface area contributed by atoms with Crippen molar-refractivity contribution < 1.29 is 10.2 Å². The van der Waals surface area contributed by atoms with Crippen LogP contribution in [0.3, 0.4) is 0 Å². The van der Waals surface area contributed by atoms with Gasteiger partial charge in [0.25, 0.3) is 0 Å². The first-order chi connectivity index (χ1) is 9.58. The van der Waals surface area contributed by atoms with Gasteiger partial charge in [-0.3, -0.25) is 0 Å². The molecular weight excluding hydrogens is 252 g/mol. The summed E-state index contributed by atoms with van der Waals surface area (Å²) in [5.41, 5.74) is 15.5. The van der Waals surface area contributed by atoms with E-state index in [4.69, 9.17) is 21.7 Å². The van der Waals surface area contributed by atoms with E-state index in [1.807, 2.05) is 49.4 Å². The zero-order valence-electron chi connectivity index (χ0n) is 11.7. The number of rotatable bonds is 3. The summed E-state index contributed by atoms with van der Waals surface area (Å²) in [6, 6.07) is 13.2. The van der Waals surface area contributed by atoms with Gasteiger partial charge in [-0.25, -0.2) is 0 Å². The zero-order valence-corrected chi connectivity index (χ0v) is 11.7. The molecule has 0 saturated heterocycles. The van der Waals surface area contributed by atoms with Crippen molar-refractivity contribution in [3.63, 3.8) is 0 Å². The average molecular weight is 274 g/mol. The van der Waals surface area contributed by atoms with Crippen molar-refractivity contribution in [2.24, 2.45) is 0 Å². The molecule has 108 valence electrons. The minimum absolute atomic E-state index is 0.0213. The number of hydrogen-bond acceptors (Lipinski definition) is 4. The van der Waals surface area contributed by atoms with Crippen molar-refractivity contribution in [1.82, 2.24) is 0 Å². The molecule has 0 bridgehead atoms. The normalized spacial score (nSPS) is 9.75. The molecule has 0 amide bonds. The number of benzene rings is 2. The standard InChI is InChI=1S/2C8H11NO/c1-6-3-2-4-7(5-10)8(6)9;9-8-3-1-7(2-4-8)5-6-10/h2-4,10H,5,9H2,1H3;1-4,10H,5-6,9H2. The van der Waals surface area contributed by atoms with Crippen LogP contribution in [-0.4, -0.2) is 16.8 Å². The van der Waals surface area contributed by atoms with Crippen LogP contribution in [0.5, 0.6) is 0 Å². The average Bonchev–Trinajstić information content (AvgIpc) is 2.45. The smallest absolute Gasteiger partial charge is 0.0702 e. The maximum Gasteiger partial charge on any atom is 0.0702 e. The molecule has 0 atom stereocenters. The Balaban J connectivity index is 0.000000200. The highest BCUT2D eigenvalue weighted by Gasteiger charge is 1.97. The quantitative estimate of drug-likeness (QED) is 0.643. The second kappa shape index (κ2) is 8.19. The summed E-state index contributed by atoms with van der Waals surface area (Å²) in [5, 5.41) is 17.3. The second-order valence-corrected chi connectivity index (χ2v) is 4.52. The predicted molar refractivity (Wildman–Crippen MR) is 83.2 cm³/mol. The van der Waals surface area contributed by atoms with Crippen molar-refractivity contribution in [2.75, 3.05) is 18.1 Å². The molecule has 0 aliphatic heterocycles. The van der Waals surface area contributed by atoms with E-state index in [9.17, 15) is 0 Å². The molecule has 0 heterocycles. The number of aliphatic hydroxyl groups is 2. The number of aryl methyl sites for hydroxylation is 1. The third-order valence-corrected chi connectivity index (χ3v) is 2.96. The Labute approximate surface area is 119 Å². The Morgan fingerprint density at radius 3 is 2.10 bits per heavy atom. The molecule has 0 aliphatic carbocycles. The molecule has 0 aromatic heterocycles. The third kappa shape index (κ3) is 4.91. The molecule has 0 unspecified atom stereocenters. The van der Waals surface area contributed by atoms with E-state index < -0.39 is 0 Å². The first-order valence-electron chi connectivity index (χ1n) is 6.48. The highest BCUT2D eigenvalue weighted by Crippen LogP contribution is 2.15. The van der Waals surface area contributed by atoms with Crippen LogP contribution in [0.25, 0.3) is 0 Å². The summed E-state index contributed by atoms with van der Waals surface area (Å²) in [5.74, 6) is 0. The van der Waals surface area contributed by atoms with Gasteiger partial charge in [-0.2, -0.15) is 0 Å². The molecule has 4 heteroatoms. The van der Waals surface area contributed by atoms with Gasteiger partial charge in [0, 0.05) is 23.5 Å². The van der Waals surface area contributed by atoms with E-state index in [1.54, 1.807) is 0 Å². The first-order valence-corrected chi connectivity index (χ1v) is 6.48. The van der Waals surface area contributed by atoms with E-state index in [0.29, 0.717) is 12.1 Å². The molecule has 0 radical (unpaired) electrons. The fourth-order valence-electron chi connectivity index (χ4n) is 1.69. The molecule has 0 fully saturated rings. The minimum atomic E-state index is 0.0213. The Hall–Kier alpha value is -2.04. The molecule has 20 heavy (non-hydrogen) atoms. The van der Waals surface area contributed by atoms with Gasteiger partial charge in [-0.1, -0.05) is 30.3 Å². The Kier molecular flexibility index (Phi) is 6.56. The van der Waals surface area contributed by atoms with Crippen molar-refractivity contribution in [3.05, 3.63) is 59.2 Å². The summed E-state index contributed by atoms with van der Waals surface area (Å²) in [6.07, 6.45) is 0.709. The van der Waals surface area contributed by atoms with Gasteiger partial charge in [0.2, 0.25) is 0 Å². The second-order valence-electron chi connectivity index (χ2n) is 4.52. The van der Waals surface area contributed by atoms with Crippen LogP contribution < -0.4 is 11.5 Å².